The average Bonchev–Trinajstić information content (AvgIpc) is 3.38. The van der Waals surface area contributed by atoms with Crippen LogP contribution in [0, 0.1) is 0 Å². The first kappa shape index (κ1) is 17.5. The van der Waals surface area contributed by atoms with Crippen LogP contribution in [0.1, 0.15) is 37.2 Å². The normalized spacial score (nSPS) is 22.3. The van der Waals surface area contributed by atoms with Crippen molar-refractivity contribution in [1.82, 2.24) is 13.9 Å². The van der Waals surface area contributed by atoms with E-state index in [4.69, 9.17) is 4.98 Å². The van der Waals surface area contributed by atoms with Gasteiger partial charge >= 0.3 is 0 Å². The summed E-state index contributed by atoms with van der Waals surface area (Å²) in [7, 11) is 0. The minimum atomic E-state index is 0.630. The first-order valence-electron chi connectivity index (χ1n) is 10.7. The summed E-state index contributed by atoms with van der Waals surface area (Å²) < 4.78 is 2.34. The first-order chi connectivity index (χ1) is 14.3. The fourth-order valence-corrected chi connectivity index (χ4v) is 6.22. The summed E-state index contributed by atoms with van der Waals surface area (Å²) in [6, 6.07) is 20.4. The molecule has 2 aromatic carbocycles. The lowest BCUT2D eigenvalue weighted by atomic mass is 9.86. The van der Waals surface area contributed by atoms with E-state index in [9.17, 15) is 0 Å². The van der Waals surface area contributed by atoms with Crippen molar-refractivity contribution in [1.29, 1.82) is 0 Å². The Labute approximate surface area is 175 Å². The third-order valence-corrected chi connectivity index (χ3v) is 7.70. The second-order valence-corrected chi connectivity index (χ2v) is 9.48. The smallest absolute Gasteiger partial charge is 0.0925 e. The van der Waals surface area contributed by atoms with Gasteiger partial charge in [-0.1, -0.05) is 30.3 Å². The molecular weight excluding hydrogens is 374 g/mol. The van der Waals surface area contributed by atoms with Crippen LogP contribution < -0.4 is 0 Å². The third-order valence-electron chi connectivity index (χ3n) is 6.74. The molecule has 2 aliphatic rings. The van der Waals surface area contributed by atoms with Crippen LogP contribution in [0.5, 0.6) is 0 Å². The molecule has 4 heteroatoms. The summed E-state index contributed by atoms with van der Waals surface area (Å²) in [5.41, 5.74) is 3.87. The number of nitrogens with zero attached hydrogens (tertiary/aromatic N) is 3. The summed E-state index contributed by atoms with van der Waals surface area (Å²) in [6.07, 6.45) is 9.60. The Hall–Kier alpha value is -2.30. The van der Waals surface area contributed by atoms with Crippen LogP contribution in [0.3, 0.4) is 0 Å². The fourth-order valence-electron chi connectivity index (χ4n) is 5.27. The van der Waals surface area contributed by atoms with Gasteiger partial charge < -0.3 is 4.90 Å². The number of piperidine rings is 1. The largest absolute Gasteiger partial charge is 0.300 e. The quantitative estimate of drug-likeness (QED) is 0.416. The molecule has 0 aliphatic carbocycles. The van der Waals surface area contributed by atoms with E-state index in [1.165, 1.54) is 71.0 Å². The van der Waals surface area contributed by atoms with Gasteiger partial charge in [0.25, 0.3) is 0 Å². The molecule has 2 atom stereocenters. The van der Waals surface area contributed by atoms with Crippen LogP contribution in [-0.2, 0) is 0 Å². The van der Waals surface area contributed by atoms with E-state index in [0.717, 1.165) is 6.04 Å². The summed E-state index contributed by atoms with van der Waals surface area (Å²) in [4.78, 5) is 8.77. The van der Waals surface area contributed by atoms with E-state index in [2.05, 4.69) is 69.7 Å². The number of rotatable bonds is 3. The maximum atomic E-state index is 4.81. The van der Waals surface area contributed by atoms with Crippen LogP contribution in [-0.4, -0.2) is 33.0 Å². The van der Waals surface area contributed by atoms with Gasteiger partial charge in [0.05, 0.1) is 11.0 Å². The van der Waals surface area contributed by atoms with Crippen molar-refractivity contribution in [2.45, 2.75) is 42.5 Å². The zero-order chi connectivity index (χ0) is 19.2. The van der Waals surface area contributed by atoms with E-state index in [1.54, 1.807) is 11.9 Å². The highest BCUT2D eigenvalue weighted by Crippen LogP contribution is 2.40. The van der Waals surface area contributed by atoms with E-state index in [0.29, 0.717) is 5.92 Å². The maximum absolute atomic E-state index is 4.81. The number of hydrogen-bond acceptors (Lipinski definition) is 3. The van der Waals surface area contributed by atoms with Crippen molar-refractivity contribution >= 4 is 33.8 Å². The van der Waals surface area contributed by atoms with Crippen molar-refractivity contribution in [3.05, 3.63) is 72.6 Å². The monoisotopic (exact) mass is 399 g/mol. The zero-order valence-corrected chi connectivity index (χ0v) is 17.3. The molecule has 3 nitrogen and oxygen atoms in total. The molecule has 2 fully saturated rings. The van der Waals surface area contributed by atoms with Gasteiger partial charge in [0.15, 0.2) is 0 Å². The van der Waals surface area contributed by atoms with Crippen molar-refractivity contribution in [2.75, 3.05) is 13.1 Å². The molecule has 0 spiro atoms. The van der Waals surface area contributed by atoms with Gasteiger partial charge in [-0.3, -0.25) is 8.96 Å². The Balaban J connectivity index is 1.36. The number of hydrogen-bond donors (Lipinski definition) is 0. The molecule has 4 heterocycles. The molecule has 29 heavy (non-hydrogen) atoms. The molecule has 2 aliphatic heterocycles. The van der Waals surface area contributed by atoms with Gasteiger partial charge in [0.1, 0.15) is 0 Å². The molecular formula is C25H25N3S. The lowest BCUT2D eigenvalue weighted by Crippen LogP contribution is -2.37. The Bertz CT molecular complexity index is 1180. The van der Waals surface area contributed by atoms with Crippen LogP contribution in [0.25, 0.3) is 21.8 Å². The average molecular weight is 400 g/mol. The van der Waals surface area contributed by atoms with E-state index in [1.807, 2.05) is 6.20 Å². The van der Waals surface area contributed by atoms with Crippen LogP contribution in [0.15, 0.2) is 71.9 Å². The Morgan fingerprint density at radius 2 is 1.86 bits per heavy atom. The Kier molecular flexibility index (Phi) is 4.35. The summed E-state index contributed by atoms with van der Waals surface area (Å²) in [6.45, 7) is 2.54. The van der Waals surface area contributed by atoms with Crippen LogP contribution >= 0.6 is 11.9 Å². The Morgan fingerprint density at radius 1 is 0.931 bits per heavy atom. The minimum absolute atomic E-state index is 0.630. The third kappa shape index (κ3) is 3.15. The molecule has 146 valence electrons. The molecule has 6 rings (SSSR count). The molecule has 0 amide bonds. The summed E-state index contributed by atoms with van der Waals surface area (Å²) in [5.74, 6) is 0.630. The van der Waals surface area contributed by atoms with Gasteiger partial charge in [-0.2, -0.15) is 0 Å². The SMILES string of the molecule is c1ccc2cc(Sn3cc(C4CCN5CCCC5C4)c4ncccc43)ccc2c1. The molecule has 4 aromatic rings. The highest BCUT2D eigenvalue weighted by molar-refractivity contribution is 7.98. The van der Waals surface area contributed by atoms with Crippen molar-refractivity contribution in [3.8, 4) is 0 Å². The highest BCUT2D eigenvalue weighted by Gasteiger charge is 2.33. The van der Waals surface area contributed by atoms with Gasteiger partial charge in [-0.15, -0.1) is 0 Å². The lowest BCUT2D eigenvalue weighted by Gasteiger charge is -2.34. The van der Waals surface area contributed by atoms with Crippen LogP contribution in [0.2, 0.25) is 0 Å². The topological polar surface area (TPSA) is 21.1 Å². The van der Waals surface area contributed by atoms with E-state index < -0.39 is 0 Å². The number of pyridine rings is 1. The lowest BCUT2D eigenvalue weighted by molar-refractivity contribution is 0.181. The van der Waals surface area contributed by atoms with Crippen molar-refractivity contribution < 1.29 is 0 Å². The molecule has 0 bridgehead atoms. The predicted octanol–water partition coefficient (Wildman–Crippen LogP) is 6.09. The molecule has 0 saturated carbocycles. The highest BCUT2D eigenvalue weighted by atomic mass is 32.2. The maximum Gasteiger partial charge on any atom is 0.0925 e. The molecule has 0 radical (unpaired) electrons. The molecule has 2 aromatic heterocycles. The van der Waals surface area contributed by atoms with Crippen molar-refractivity contribution in [2.24, 2.45) is 0 Å². The van der Waals surface area contributed by atoms with E-state index >= 15 is 0 Å². The standard InChI is InChI=1S/C25H25N3S/c1-2-6-19-16-22(10-9-18(19)5-1)29-28-17-23(25-24(28)8-3-12-26-25)20-11-14-27-13-4-7-21(27)15-20/h1-3,5-6,8-10,12,16-17,20-21H,4,7,11,13-15H2. The Morgan fingerprint density at radius 3 is 2.83 bits per heavy atom. The number of aromatic nitrogens is 2. The van der Waals surface area contributed by atoms with Gasteiger partial charge in [-0.25, -0.2) is 0 Å². The van der Waals surface area contributed by atoms with E-state index in [-0.39, 0.29) is 0 Å². The number of benzene rings is 2. The van der Waals surface area contributed by atoms with Gasteiger partial charge in [0, 0.05) is 28.9 Å². The second kappa shape index (κ2) is 7.19. The van der Waals surface area contributed by atoms with Crippen LogP contribution in [0.4, 0.5) is 0 Å². The first-order valence-corrected chi connectivity index (χ1v) is 11.5. The minimum Gasteiger partial charge on any atom is -0.300 e. The molecule has 0 N–H and O–H groups in total. The summed E-state index contributed by atoms with van der Waals surface area (Å²) in [5, 5.41) is 2.58. The van der Waals surface area contributed by atoms with Crippen molar-refractivity contribution in [3.63, 3.8) is 0 Å². The molecule has 2 unspecified atom stereocenters. The number of fused-ring (bicyclic) bond motifs is 3. The molecule has 2 saturated heterocycles. The van der Waals surface area contributed by atoms with Gasteiger partial charge in [-0.05, 0) is 91.7 Å². The van der Waals surface area contributed by atoms with Gasteiger partial charge in [0.2, 0.25) is 0 Å². The predicted molar refractivity (Wildman–Crippen MR) is 122 cm³/mol. The zero-order valence-electron chi connectivity index (χ0n) is 16.5. The summed E-state index contributed by atoms with van der Waals surface area (Å²) >= 11 is 1.80. The fraction of sp³-hybridized carbons (Fsp3) is 0.320. The second-order valence-electron chi connectivity index (χ2n) is 8.43.